The zero-order valence-corrected chi connectivity index (χ0v) is 39.9. The smallest absolute Gasteiger partial charge is 0.238 e. The van der Waals surface area contributed by atoms with E-state index in [1.807, 2.05) is 72.8 Å². The van der Waals surface area contributed by atoms with Crippen molar-refractivity contribution in [3.05, 3.63) is 162 Å². The summed E-state index contributed by atoms with van der Waals surface area (Å²) >= 11 is 0. The van der Waals surface area contributed by atoms with Crippen LogP contribution in [0.2, 0.25) is 0 Å². The molecule has 12 nitrogen and oxygen atoms in total. The molecule has 6 atom stereocenters. The van der Waals surface area contributed by atoms with Gasteiger partial charge in [-0.15, -0.1) is 0 Å². The summed E-state index contributed by atoms with van der Waals surface area (Å²) in [4.78, 5) is 92.6. The number of anilines is 3. The molecule has 6 amide bonds. The second-order valence-corrected chi connectivity index (χ2v) is 17.9. The lowest BCUT2D eigenvalue weighted by Gasteiger charge is -2.28. The number of carbonyl (C=O) groups excluding carboxylic acids is 6. The molecule has 3 aliphatic heterocycles. The molecule has 6 unspecified atom stereocenters. The van der Waals surface area contributed by atoms with Crippen molar-refractivity contribution < 1.29 is 43.0 Å². The van der Waals surface area contributed by atoms with Crippen LogP contribution in [0.5, 0.6) is 34.5 Å². The van der Waals surface area contributed by atoms with Gasteiger partial charge >= 0.3 is 0 Å². The van der Waals surface area contributed by atoms with Crippen molar-refractivity contribution in [1.82, 2.24) is 0 Å². The summed E-state index contributed by atoms with van der Waals surface area (Å²) in [5.41, 5.74) is 4.21. The lowest BCUT2D eigenvalue weighted by atomic mass is 9.69. The summed E-state index contributed by atoms with van der Waals surface area (Å²) in [6.45, 7) is 9.71. The SMILES string of the molecule is CCc1ccc(Oc2ccc(N3C(=O)C(CC)C(C4C(=O)N(c5ccc(Oc6ccc(CC)cc6)cc5)C(=O)C4C4C(=O)N(c5ccc(Oc6ccc(CC)cc6)cc5)C(=O)C4CC)C3=O)cc2)cc1. The topological polar surface area (TPSA) is 140 Å². The van der Waals surface area contributed by atoms with Crippen molar-refractivity contribution in [2.75, 3.05) is 14.7 Å². The second kappa shape index (κ2) is 20.0. The maximum absolute atomic E-state index is 15.2. The van der Waals surface area contributed by atoms with Gasteiger partial charge in [0.25, 0.3) is 0 Å². The summed E-state index contributed by atoms with van der Waals surface area (Å²) in [7, 11) is 0. The molecule has 3 heterocycles. The number of ether oxygens (including phenoxy) is 3. The third-order valence-corrected chi connectivity index (χ3v) is 14.0. The molecule has 6 aromatic carbocycles. The molecule has 3 fully saturated rings. The van der Waals surface area contributed by atoms with Crippen LogP contribution in [0.25, 0.3) is 0 Å². The van der Waals surface area contributed by atoms with Gasteiger partial charge in [0, 0.05) is 0 Å². The zero-order chi connectivity index (χ0) is 49.2. The number of hydrogen-bond acceptors (Lipinski definition) is 9. The molecule has 3 saturated heterocycles. The number of benzene rings is 6. The maximum atomic E-state index is 15.2. The van der Waals surface area contributed by atoms with Crippen LogP contribution in [-0.2, 0) is 48.0 Å². The van der Waals surface area contributed by atoms with E-state index in [4.69, 9.17) is 14.2 Å². The van der Waals surface area contributed by atoms with Gasteiger partial charge < -0.3 is 14.2 Å². The van der Waals surface area contributed by atoms with Gasteiger partial charge in [0.2, 0.25) is 35.4 Å². The first-order chi connectivity index (χ1) is 34.0. The van der Waals surface area contributed by atoms with E-state index in [9.17, 15) is 9.59 Å². The fourth-order valence-electron chi connectivity index (χ4n) is 10.2. The molecule has 0 radical (unpaired) electrons. The van der Waals surface area contributed by atoms with Gasteiger partial charge in [0.1, 0.15) is 34.5 Å². The Balaban J connectivity index is 1.05. The number of carbonyl (C=O) groups is 6. The van der Waals surface area contributed by atoms with Gasteiger partial charge in [-0.3, -0.25) is 43.5 Å². The quantitative estimate of drug-likeness (QED) is 0.0867. The fraction of sp³-hybridized carbons (Fsp3) is 0.276. The van der Waals surface area contributed by atoms with Gasteiger partial charge in [0.05, 0.1) is 52.6 Å². The van der Waals surface area contributed by atoms with Crippen LogP contribution in [0.15, 0.2) is 146 Å². The minimum Gasteiger partial charge on any atom is -0.457 e. The van der Waals surface area contributed by atoms with Crippen LogP contribution in [0.4, 0.5) is 17.1 Å². The number of aryl methyl sites for hydroxylation is 3. The van der Waals surface area contributed by atoms with E-state index >= 15 is 19.2 Å². The summed E-state index contributed by atoms with van der Waals surface area (Å²) in [5.74, 6) is -8.23. The lowest BCUT2D eigenvalue weighted by Crippen LogP contribution is -2.42. The predicted octanol–water partition coefficient (Wildman–Crippen LogP) is 11.3. The van der Waals surface area contributed by atoms with E-state index in [1.165, 1.54) is 0 Å². The Bertz CT molecular complexity index is 2760. The van der Waals surface area contributed by atoms with Crippen molar-refractivity contribution in [2.24, 2.45) is 35.5 Å². The highest BCUT2D eigenvalue weighted by Crippen LogP contribution is 2.51. The van der Waals surface area contributed by atoms with Gasteiger partial charge in [0.15, 0.2) is 0 Å². The second-order valence-electron chi connectivity index (χ2n) is 17.9. The fourth-order valence-corrected chi connectivity index (χ4v) is 10.2. The van der Waals surface area contributed by atoms with Crippen molar-refractivity contribution in [3.63, 3.8) is 0 Å². The molecule has 70 heavy (non-hydrogen) atoms. The Morgan fingerprint density at radius 3 is 0.743 bits per heavy atom. The third-order valence-electron chi connectivity index (χ3n) is 14.0. The van der Waals surface area contributed by atoms with Crippen LogP contribution in [0.1, 0.15) is 64.2 Å². The van der Waals surface area contributed by atoms with Gasteiger partial charge in [-0.2, -0.15) is 0 Å². The summed E-state index contributed by atoms with van der Waals surface area (Å²) < 4.78 is 18.2. The molecule has 0 bridgehead atoms. The molecule has 9 rings (SSSR count). The predicted molar refractivity (Wildman–Crippen MR) is 266 cm³/mol. The van der Waals surface area contributed by atoms with Crippen molar-refractivity contribution in [2.45, 2.75) is 66.7 Å². The van der Waals surface area contributed by atoms with Crippen LogP contribution in [0.3, 0.4) is 0 Å². The molecule has 12 heteroatoms. The molecular weight excluding hydrogens is 883 g/mol. The first kappa shape index (κ1) is 47.2. The average molecular weight is 938 g/mol. The van der Waals surface area contributed by atoms with Gasteiger partial charge in [-0.1, -0.05) is 71.0 Å². The van der Waals surface area contributed by atoms with Crippen LogP contribution in [-0.4, -0.2) is 35.4 Å². The van der Waals surface area contributed by atoms with Gasteiger partial charge in [-0.25, -0.2) is 0 Å². The molecule has 0 saturated carbocycles. The monoisotopic (exact) mass is 937 g/mol. The Morgan fingerprint density at radius 2 is 0.514 bits per heavy atom. The first-order valence-electron chi connectivity index (χ1n) is 24.2. The lowest BCUT2D eigenvalue weighted by molar-refractivity contribution is -0.136. The normalized spacial score (nSPS) is 21.3. The molecule has 3 aliphatic rings. The van der Waals surface area contributed by atoms with E-state index in [-0.39, 0.29) is 29.9 Å². The minimum absolute atomic E-state index is 0.161. The van der Waals surface area contributed by atoms with E-state index in [0.717, 1.165) is 50.7 Å². The van der Waals surface area contributed by atoms with E-state index < -0.39 is 71.0 Å². The minimum atomic E-state index is -1.47. The van der Waals surface area contributed by atoms with Crippen molar-refractivity contribution in [1.29, 1.82) is 0 Å². The Morgan fingerprint density at radius 1 is 0.300 bits per heavy atom. The highest BCUT2D eigenvalue weighted by molar-refractivity contribution is 6.30. The molecule has 6 aromatic rings. The summed E-state index contributed by atoms with van der Waals surface area (Å²) in [5, 5.41) is 0. The number of hydrogen-bond donors (Lipinski definition) is 0. The van der Waals surface area contributed by atoms with Gasteiger partial charge in [-0.05, 0) is 158 Å². The van der Waals surface area contributed by atoms with E-state index in [1.54, 1.807) is 86.6 Å². The molecule has 0 aromatic heterocycles. The number of imide groups is 3. The Kier molecular flexibility index (Phi) is 13.5. The number of rotatable bonds is 16. The van der Waals surface area contributed by atoms with E-state index in [2.05, 4.69) is 20.8 Å². The Labute approximate surface area is 407 Å². The van der Waals surface area contributed by atoms with Crippen molar-refractivity contribution >= 4 is 52.5 Å². The summed E-state index contributed by atoms with van der Waals surface area (Å²) in [6.07, 6.45) is 2.97. The van der Waals surface area contributed by atoms with Crippen LogP contribution in [0, 0.1) is 35.5 Å². The maximum Gasteiger partial charge on any atom is 0.238 e. The van der Waals surface area contributed by atoms with Crippen LogP contribution >= 0.6 is 0 Å². The molecule has 0 aliphatic carbocycles. The standard InChI is InChI=1S/C58H55N3O9/c1-6-35-11-23-41(24-12-35)68-44-29-17-38(18-30-44)59-53(62)47(9-4)49(55(59)64)51-52(58(67)61(57(51)66)40-21-33-46(34-22-40)70-43-27-15-37(8-3)16-28-43)50-48(10-5)54(63)60(56(50)65)39-19-31-45(32-20-39)69-42-25-13-36(7-2)14-26-42/h11-34,47-52H,6-10H2,1-5H3. The third kappa shape index (κ3) is 8.85. The molecule has 356 valence electrons. The zero-order valence-electron chi connectivity index (χ0n) is 39.9. The highest BCUT2D eigenvalue weighted by atomic mass is 16.5. The molecule has 0 N–H and O–H groups in total. The largest absolute Gasteiger partial charge is 0.457 e. The highest BCUT2D eigenvalue weighted by Gasteiger charge is 2.66. The molecular formula is C58H55N3O9. The number of amides is 6. The number of nitrogens with zero attached hydrogens (tertiary/aromatic N) is 3. The van der Waals surface area contributed by atoms with Crippen LogP contribution < -0.4 is 28.9 Å². The summed E-state index contributed by atoms with van der Waals surface area (Å²) in [6, 6.07) is 42.5. The average Bonchev–Trinajstić information content (AvgIpc) is 3.90. The molecule has 0 spiro atoms. The first-order valence-corrected chi connectivity index (χ1v) is 24.2. The Hall–Kier alpha value is -7.86. The van der Waals surface area contributed by atoms with E-state index in [0.29, 0.717) is 34.5 Å². The van der Waals surface area contributed by atoms with Crippen molar-refractivity contribution in [3.8, 4) is 34.5 Å².